The average molecular weight is 457 g/mol. The van der Waals surface area contributed by atoms with Crippen molar-refractivity contribution in [2.45, 2.75) is 48.9 Å². The highest BCUT2D eigenvalue weighted by Gasteiger charge is 2.44. The number of rotatable bonds is 9. The zero-order valence-electron chi connectivity index (χ0n) is 17.7. The van der Waals surface area contributed by atoms with Gasteiger partial charge in [-0.05, 0) is 29.5 Å². The van der Waals surface area contributed by atoms with Crippen molar-refractivity contribution in [3.63, 3.8) is 0 Å². The topological polar surface area (TPSA) is 116 Å². The molecule has 2 atom stereocenters. The molecule has 3 rings (SSSR count). The molecule has 2 aromatic carbocycles. The van der Waals surface area contributed by atoms with Crippen LogP contribution in [0.5, 0.6) is 0 Å². The minimum Gasteiger partial charge on any atom is -0.480 e. The third-order valence-corrected chi connectivity index (χ3v) is 6.23. The first kappa shape index (κ1) is 23.8. The second-order valence-corrected chi connectivity index (χ2v) is 8.73. The summed E-state index contributed by atoms with van der Waals surface area (Å²) in [5.41, 5.74) is 1.67. The predicted octanol–water partition coefficient (Wildman–Crippen LogP) is 2.19. The molecule has 1 saturated carbocycles. The minimum absolute atomic E-state index is 0.117. The number of hydrogen-bond donors (Lipinski definition) is 5. The summed E-state index contributed by atoms with van der Waals surface area (Å²) in [7, 11) is 0. The molecule has 0 spiro atoms. The minimum atomic E-state index is -1.18. The number of thiol groups is 1. The van der Waals surface area contributed by atoms with Gasteiger partial charge in [0.1, 0.15) is 16.8 Å². The summed E-state index contributed by atoms with van der Waals surface area (Å²) < 4.78 is 0. The predicted molar refractivity (Wildman–Crippen MR) is 124 cm³/mol. The van der Waals surface area contributed by atoms with E-state index in [4.69, 9.17) is 5.11 Å². The van der Waals surface area contributed by atoms with Crippen molar-refractivity contribution in [3.05, 3.63) is 60.2 Å². The molecule has 2 aromatic rings. The van der Waals surface area contributed by atoms with Gasteiger partial charge in [-0.15, -0.1) is 0 Å². The number of carbonyl (C=O) groups is 3. The molecule has 32 heavy (non-hydrogen) atoms. The van der Waals surface area contributed by atoms with Crippen LogP contribution in [-0.2, 0) is 20.8 Å². The fourth-order valence-corrected chi connectivity index (χ4v) is 4.05. The first-order chi connectivity index (χ1) is 15.3. The van der Waals surface area contributed by atoms with Crippen molar-refractivity contribution in [1.29, 1.82) is 0 Å². The van der Waals surface area contributed by atoms with Crippen molar-refractivity contribution in [2.24, 2.45) is 0 Å². The van der Waals surface area contributed by atoms with Crippen molar-refractivity contribution in [3.8, 4) is 11.1 Å². The van der Waals surface area contributed by atoms with Crippen LogP contribution in [0.15, 0.2) is 54.6 Å². The Morgan fingerprint density at radius 3 is 2.12 bits per heavy atom. The molecule has 7 nitrogen and oxygen atoms in total. The molecule has 0 radical (unpaired) electrons. The fraction of sp³-hybridized carbons (Fsp3) is 0.375. The zero-order valence-corrected chi connectivity index (χ0v) is 18.6. The normalized spacial score (nSPS) is 16.7. The number of aliphatic carboxylic acids is 1. The molecule has 0 saturated heterocycles. The monoisotopic (exact) mass is 456 g/mol. The van der Waals surface area contributed by atoms with Gasteiger partial charge in [0.2, 0.25) is 11.8 Å². The molecular formula is C24H28N2O5S. The third-order valence-electron chi connectivity index (χ3n) is 5.83. The standard InChI is InChI=1S/C24H28N2O5S/c27-15-20(32)21(28)26-24(12-4-5-13-24)23(31)25-19(22(29)30)14-16-8-10-18(11-9-16)17-6-2-1-3-7-17/h1-3,6-11,19-20,27,32H,4-5,12-15H2,(H,25,31)(H,26,28)(H,29,30)/t19-,20-/m0/s1. The summed E-state index contributed by atoms with van der Waals surface area (Å²) >= 11 is 4.02. The maximum absolute atomic E-state index is 13.1. The number of nitrogens with one attached hydrogen (secondary N) is 2. The van der Waals surface area contributed by atoms with Gasteiger partial charge in [-0.2, -0.15) is 12.6 Å². The number of carboxylic acid groups (broad SMARTS) is 1. The third kappa shape index (κ3) is 5.69. The van der Waals surface area contributed by atoms with Crippen molar-refractivity contribution >= 4 is 30.4 Å². The number of aliphatic hydroxyl groups is 1. The van der Waals surface area contributed by atoms with E-state index in [9.17, 15) is 19.5 Å². The van der Waals surface area contributed by atoms with E-state index in [-0.39, 0.29) is 6.42 Å². The van der Waals surface area contributed by atoms with E-state index in [1.165, 1.54) is 0 Å². The second kappa shape index (κ2) is 10.7. The molecule has 1 fully saturated rings. The van der Waals surface area contributed by atoms with Gasteiger partial charge in [0, 0.05) is 6.42 Å². The van der Waals surface area contributed by atoms with Crippen molar-refractivity contribution in [2.75, 3.05) is 6.61 Å². The first-order valence-electron chi connectivity index (χ1n) is 10.6. The van der Waals surface area contributed by atoms with E-state index in [1.54, 1.807) is 0 Å². The van der Waals surface area contributed by atoms with Gasteiger partial charge in [-0.3, -0.25) is 9.59 Å². The van der Waals surface area contributed by atoms with E-state index in [2.05, 4.69) is 23.3 Å². The van der Waals surface area contributed by atoms with Crippen molar-refractivity contribution in [1.82, 2.24) is 10.6 Å². The Morgan fingerprint density at radius 2 is 1.56 bits per heavy atom. The van der Waals surface area contributed by atoms with E-state index in [1.807, 2.05) is 54.6 Å². The first-order valence-corrected chi connectivity index (χ1v) is 11.2. The fourth-order valence-electron chi connectivity index (χ4n) is 3.99. The maximum atomic E-state index is 13.1. The van der Waals surface area contributed by atoms with E-state index >= 15 is 0 Å². The Morgan fingerprint density at radius 1 is 0.969 bits per heavy atom. The molecule has 8 heteroatoms. The van der Waals surface area contributed by atoms with Crippen LogP contribution in [0.2, 0.25) is 0 Å². The van der Waals surface area contributed by atoms with Crippen LogP contribution in [0.25, 0.3) is 11.1 Å². The number of benzene rings is 2. The smallest absolute Gasteiger partial charge is 0.326 e. The molecule has 1 aliphatic rings. The number of hydrogen-bond acceptors (Lipinski definition) is 5. The lowest BCUT2D eigenvalue weighted by Crippen LogP contribution is -2.61. The summed E-state index contributed by atoms with van der Waals surface area (Å²) in [5, 5.41) is 23.2. The molecule has 2 amide bonds. The second-order valence-electron chi connectivity index (χ2n) is 8.11. The summed E-state index contributed by atoms with van der Waals surface area (Å²) in [6, 6.07) is 16.3. The van der Waals surface area contributed by atoms with Gasteiger partial charge in [0.15, 0.2) is 0 Å². The van der Waals surface area contributed by atoms with Crippen LogP contribution in [0.4, 0.5) is 0 Å². The van der Waals surface area contributed by atoms with Crippen LogP contribution < -0.4 is 10.6 Å². The maximum Gasteiger partial charge on any atom is 0.326 e. The molecule has 170 valence electrons. The lowest BCUT2D eigenvalue weighted by molar-refractivity contribution is -0.143. The lowest BCUT2D eigenvalue weighted by atomic mass is 9.94. The van der Waals surface area contributed by atoms with E-state index in [0.29, 0.717) is 12.8 Å². The average Bonchev–Trinajstić information content (AvgIpc) is 3.28. The number of amides is 2. The highest BCUT2D eigenvalue weighted by atomic mass is 32.1. The molecule has 0 aromatic heterocycles. The largest absolute Gasteiger partial charge is 0.480 e. The Hall–Kier alpha value is -2.84. The van der Waals surface area contributed by atoms with Gasteiger partial charge in [-0.1, -0.05) is 67.4 Å². The van der Waals surface area contributed by atoms with E-state index in [0.717, 1.165) is 29.5 Å². The van der Waals surface area contributed by atoms with E-state index < -0.39 is 41.2 Å². The lowest BCUT2D eigenvalue weighted by Gasteiger charge is -2.31. The van der Waals surface area contributed by atoms with Gasteiger partial charge in [0.25, 0.3) is 0 Å². The molecule has 0 unspecified atom stereocenters. The number of carboxylic acids is 1. The highest BCUT2D eigenvalue weighted by molar-refractivity contribution is 7.81. The van der Waals surface area contributed by atoms with Crippen molar-refractivity contribution < 1.29 is 24.6 Å². The summed E-state index contributed by atoms with van der Waals surface area (Å²) in [6.45, 7) is -0.455. The van der Waals surface area contributed by atoms with Crippen LogP contribution in [-0.4, -0.2) is 51.4 Å². The molecule has 0 aliphatic heterocycles. The Kier molecular flexibility index (Phi) is 7.93. The summed E-state index contributed by atoms with van der Waals surface area (Å²) in [4.78, 5) is 37.2. The Bertz CT molecular complexity index is 943. The quantitative estimate of drug-likeness (QED) is 0.371. The molecule has 0 heterocycles. The van der Waals surface area contributed by atoms with Gasteiger partial charge < -0.3 is 20.8 Å². The Labute approximate surface area is 192 Å². The SMILES string of the molecule is O=C(O)[C@H](Cc1ccc(-c2ccccc2)cc1)NC(=O)C1(NC(=O)[C@@H](S)CO)CCCC1. The van der Waals surface area contributed by atoms with Gasteiger partial charge in [-0.25, -0.2) is 4.79 Å². The molecular weight excluding hydrogens is 428 g/mol. The van der Waals surface area contributed by atoms with Crippen LogP contribution in [0.3, 0.4) is 0 Å². The van der Waals surface area contributed by atoms with Gasteiger partial charge in [0.05, 0.1) is 6.61 Å². The van der Waals surface area contributed by atoms with Crippen LogP contribution in [0, 0.1) is 0 Å². The summed E-state index contributed by atoms with van der Waals surface area (Å²) in [5.74, 6) is -2.21. The number of aliphatic hydroxyl groups excluding tert-OH is 1. The van der Waals surface area contributed by atoms with Crippen LogP contribution >= 0.6 is 12.6 Å². The molecule has 4 N–H and O–H groups in total. The zero-order chi connectivity index (χ0) is 23.1. The summed E-state index contributed by atoms with van der Waals surface area (Å²) in [6.07, 6.45) is 2.42. The highest BCUT2D eigenvalue weighted by Crippen LogP contribution is 2.30. The molecule has 0 bridgehead atoms. The Balaban J connectivity index is 1.70. The van der Waals surface area contributed by atoms with Gasteiger partial charge >= 0.3 is 5.97 Å². The number of carbonyl (C=O) groups excluding carboxylic acids is 2. The van der Waals surface area contributed by atoms with Crippen LogP contribution in [0.1, 0.15) is 31.2 Å². The molecule has 1 aliphatic carbocycles.